The largest absolute Gasteiger partial charge is 0.381 e. The van der Waals surface area contributed by atoms with Crippen LogP contribution in [0.15, 0.2) is 55.0 Å². The fourth-order valence-corrected chi connectivity index (χ4v) is 5.09. The maximum Gasteiger partial charge on any atom is 0.264 e. The van der Waals surface area contributed by atoms with Crippen LogP contribution in [0.1, 0.15) is 5.69 Å². The number of pyridine rings is 2. The van der Waals surface area contributed by atoms with Crippen LogP contribution in [0.4, 0.5) is 5.69 Å². The molecule has 0 amide bonds. The zero-order valence-electron chi connectivity index (χ0n) is 22.6. The lowest BCUT2D eigenvalue weighted by Crippen LogP contribution is -2.22. The Balaban J connectivity index is 1.64. The summed E-state index contributed by atoms with van der Waals surface area (Å²) in [6.07, 6.45) is 4.57. The van der Waals surface area contributed by atoms with Crippen molar-refractivity contribution in [2.75, 3.05) is 31.3 Å². The van der Waals surface area contributed by atoms with Crippen molar-refractivity contribution in [3.63, 3.8) is 0 Å². The van der Waals surface area contributed by atoms with Crippen molar-refractivity contribution in [3.05, 3.63) is 60.7 Å². The maximum atomic E-state index is 11.2. The molecule has 202 valence electrons. The zero-order chi connectivity index (χ0) is 27.3. The molecule has 1 aromatic carbocycles. The molecule has 9 nitrogen and oxygen atoms in total. The SMILES string of the molecule is Cc1cccc(-c2ncn(COCC[Si](C)(C)C)c2-c2ccc3ncc(NCCOS(C)(=O)=O)cc3c2)n1. The Hall–Kier alpha value is -3.12. The molecule has 4 aromatic rings. The highest BCUT2D eigenvalue weighted by Crippen LogP contribution is 2.32. The molecule has 3 aromatic heterocycles. The van der Waals surface area contributed by atoms with Gasteiger partial charge in [-0.3, -0.25) is 14.2 Å². The lowest BCUT2D eigenvalue weighted by Gasteiger charge is -2.16. The van der Waals surface area contributed by atoms with E-state index in [1.807, 2.05) is 54.2 Å². The second-order valence-electron chi connectivity index (χ2n) is 10.5. The topological polar surface area (TPSA) is 108 Å². The predicted octanol–water partition coefficient (Wildman–Crippen LogP) is 5.17. The molecule has 4 rings (SSSR count). The van der Waals surface area contributed by atoms with Crippen LogP contribution >= 0.6 is 0 Å². The van der Waals surface area contributed by atoms with Crippen LogP contribution in [-0.4, -0.2) is 62.0 Å². The first-order valence-electron chi connectivity index (χ1n) is 12.5. The van der Waals surface area contributed by atoms with Crippen LogP contribution < -0.4 is 5.32 Å². The van der Waals surface area contributed by atoms with Crippen molar-refractivity contribution in [2.45, 2.75) is 39.3 Å². The molecule has 0 unspecified atom stereocenters. The third-order valence-corrected chi connectivity index (χ3v) is 8.18. The van der Waals surface area contributed by atoms with Gasteiger partial charge in [0, 0.05) is 37.9 Å². The molecule has 0 aliphatic heterocycles. The van der Waals surface area contributed by atoms with Crippen molar-refractivity contribution in [2.24, 2.45) is 0 Å². The third-order valence-electron chi connectivity index (χ3n) is 5.88. The summed E-state index contributed by atoms with van der Waals surface area (Å²) >= 11 is 0. The number of fused-ring (bicyclic) bond motifs is 1. The Bertz CT molecular complexity index is 1520. The summed E-state index contributed by atoms with van der Waals surface area (Å²) in [5.41, 5.74) is 6.05. The van der Waals surface area contributed by atoms with Crippen LogP contribution in [0, 0.1) is 6.92 Å². The van der Waals surface area contributed by atoms with E-state index in [2.05, 4.69) is 36.0 Å². The fraction of sp³-hybridized carbons (Fsp3) is 0.370. The van der Waals surface area contributed by atoms with E-state index in [0.717, 1.165) is 57.2 Å². The van der Waals surface area contributed by atoms with Crippen molar-refractivity contribution >= 4 is 34.8 Å². The molecule has 0 aliphatic rings. The van der Waals surface area contributed by atoms with E-state index in [0.29, 0.717) is 19.9 Å². The molecular weight excluding hydrogens is 518 g/mol. The van der Waals surface area contributed by atoms with E-state index in [9.17, 15) is 8.42 Å². The van der Waals surface area contributed by atoms with E-state index in [1.54, 1.807) is 6.20 Å². The lowest BCUT2D eigenvalue weighted by molar-refractivity contribution is 0.0882. The predicted molar refractivity (Wildman–Crippen MR) is 154 cm³/mol. The number of aromatic nitrogens is 4. The van der Waals surface area contributed by atoms with E-state index < -0.39 is 18.2 Å². The van der Waals surface area contributed by atoms with E-state index in [1.165, 1.54) is 0 Å². The van der Waals surface area contributed by atoms with Gasteiger partial charge in [0.05, 0.1) is 48.0 Å². The Morgan fingerprint density at radius 1 is 1.05 bits per heavy atom. The number of anilines is 1. The molecule has 0 fully saturated rings. The second kappa shape index (κ2) is 11.7. The van der Waals surface area contributed by atoms with Crippen LogP contribution in [0.5, 0.6) is 0 Å². The first-order valence-corrected chi connectivity index (χ1v) is 18.1. The summed E-state index contributed by atoms with van der Waals surface area (Å²) < 4.78 is 35.3. The van der Waals surface area contributed by atoms with Gasteiger partial charge < -0.3 is 14.6 Å². The van der Waals surface area contributed by atoms with Gasteiger partial charge in [-0.05, 0) is 43.3 Å². The number of imidazole rings is 1. The van der Waals surface area contributed by atoms with Crippen molar-refractivity contribution < 1.29 is 17.3 Å². The van der Waals surface area contributed by atoms with Gasteiger partial charge >= 0.3 is 0 Å². The number of ether oxygens (including phenoxy) is 1. The number of hydrogen-bond donors (Lipinski definition) is 1. The molecule has 0 saturated carbocycles. The molecular formula is C27H35N5O4SSi. The molecule has 0 spiro atoms. The van der Waals surface area contributed by atoms with Gasteiger partial charge in [0.15, 0.2) is 0 Å². The Morgan fingerprint density at radius 3 is 2.61 bits per heavy atom. The van der Waals surface area contributed by atoms with Crippen LogP contribution in [-0.2, 0) is 25.8 Å². The van der Waals surface area contributed by atoms with Crippen LogP contribution in [0.3, 0.4) is 0 Å². The molecule has 0 saturated heterocycles. The van der Waals surface area contributed by atoms with Crippen LogP contribution in [0.25, 0.3) is 33.5 Å². The minimum absolute atomic E-state index is 0.0423. The first-order chi connectivity index (χ1) is 18.0. The summed E-state index contributed by atoms with van der Waals surface area (Å²) in [5, 5.41) is 4.11. The summed E-state index contributed by atoms with van der Waals surface area (Å²) in [5.74, 6) is 0. The van der Waals surface area contributed by atoms with Crippen molar-refractivity contribution in [3.8, 4) is 22.6 Å². The number of benzene rings is 1. The van der Waals surface area contributed by atoms with Gasteiger partial charge in [-0.2, -0.15) is 8.42 Å². The average Bonchev–Trinajstić information content (AvgIpc) is 3.27. The maximum absolute atomic E-state index is 11.2. The molecule has 0 aliphatic carbocycles. The molecule has 11 heteroatoms. The molecule has 38 heavy (non-hydrogen) atoms. The number of hydrogen-bond acceptors (Lipinski definition) is 8. The highest BCUT2D eigenvalue weighted by molar-refractivity contribution is 7.85. The molecule has 0 bridgehead atoms. The summed E-state index contributed by atoms with van der Waals surface area (Å²) in [6, 6.07) is 15.1. The van der Waals surface area contributed by atoms with Crippen molar-refractivity contribution in [1.29, 1.82) is 0 Å². The monoisotopic (exact) mass is 553 g/mol. The third kappa shape index (κ3) is 7.70. The number of aryl methyl sites for hydroxylation is 1. The summed E-state index contributed by atoms with van der Waals surface area (Å²) in [6.45, 7) is 10.5. The quantitative estimate of drug-likeness (QED) is 0.145. The molecule has 1 N–H and O–H groups in total. The standard InChI is InChI=1S/C27H35N5O4SSi/c1-20-7-6-8-25(31-20)26-27(32(18-30-26)19-35-13-14-38(3,4)5)21-9-10-24-22(15-21)16-23(17-29-24)28-11-12-36-37(2,33)34/h6-10,15-18,28H,11-14,19H2,1-5H3. The molecule has 0 atom stereocenters. The van der Waals surface area contributed by atoms with Gasteiger partial charge in [-0.15, -0.1) is 0 Å². The first kappa shape index (κ1) is 27.9. The van der Waals surface area contributed by atoms with E-state index in [4.69, 9.17) is 18.9 Å². The normalized spacial score (nSPS) is 12.2. The van der Waals surface area contributed by atoms with E-state index in [-0.39, 0.29) is 6.61 Å². The minimum atomic E-state index is -3.47. The fourth-order valence-electron chi connectivity index (χ4n) is 3.95. The average molecular weight is 554 g/mol. The Labute approximate surface area is 225 Å². The van der Waals surface area contributed by atoms with Gasteiger partial charge in [0.2, 0.25) is 0 Å². The van der Waals surface area contributed by atoms with E-state index >= 15 is 0 Å². The van der Waals surface area contributed by atoms with Gasteiger partial charge in [0.1, 0.15) is 12.4 Å². The Morgan fingerprint density at radius 2 is 1.87 bits per heavy atom. The molecule has 0 radical (unpaired) electrons. The second-order valence-corrected chi connectivity index (χ2v) is 17.8. The number of nitrogens with zero attached hydrogens (tertiary/aromatic N) is 4. The number of rotatable bonds is 12. The van der Waals surface area contributed by atoms with Gasteiger partial charge in [-0.1, -0.05) is 31.8 Å². The van der Waals surface area contributed by atoms with Crippen molar-refractivity contribution in [1.82, 2.24) is 19.5 Å². The van der Waals surface area contributed by atoms with Gasteiger partial charge in [-0.25, -0.2) is 4.98 Å². The van der Waals surface area contributed by atoms with Crippen LogP contribution in [0.2, 0.25) is 25.7 Å². The summed E-state index contributed by atoms with van der Waals surface area (Å²) in [4.78, 5) is 14.0. The zero-order valence-corrected chi connectivity index (χ0v) is 24.4. The minimum Gasteiger partial charge on any atom is -0.381 e. The Kier molecular flexibility index (Phi) is 8.61. The van der Waals surface area contributed by atoms with Gasteiger partial charge in [0.25, 0.3) is 10.1 Å². The number of nitrogens with one attached hydrogen (secondary N) is 1. The lowest BCUT2D eigenvalue weighted by atomic mass is 10.0. The smallest absolute Gasteiger partial charge is 0.264 e. The molecule has 3 heterocycles. The highest BCUT2D eigenvalue weighted by Gasteiger charge is 2.18. The highest BCUT2D eigenvalue weighted by atomic mass is 32.2. The summed E-state index contributed by atoms with van der Waals surface area (Å²) in [7, 11) is -4.67.